The number of benzene rings is 1. The summed E-state index contributed by atoms with van der Waals surface area (Å²) in [6, 6.07) is 4.05. The number of rotatable bonds is 4. The number of ether oxygens (including phenoxy) is 2. The van der Waals surface area contributed by atoms with Crippen molar-refractivity contribution in [1.29, 1.82) is 0 Å². The lowest BCUT2D eigenvalue weighted by molar-refractivity contribution is 0.0596. The van der Waals surface area contributed by atoms with E-state index in [1.54, 1.807) is 0 Å². The van der Waals surface area contributed by atoms with E-state index in [1.165, 1.54) is 32.4 Å². The summed E-state index contributed by atoms with van der Waals surface area (Å²) in [4.78, 5) is 11.4. The molecule has 0 bridgehead atoms. The van der Waals surface area contributed by atoms with Crippen LogP contribution in [-0.2, 0) is 14.9 Å². The molecule has 6 nitrogen and oxygen atoms in total. The highest BCUT2D eigenvalue weighted by atomic mass is 32.2. The van der Waals surface area contributed by atoms with Crippen molar-refractivity contribution >= 4 is 16.1 Å². The quantitative estimate of drug-likeness (QED) is 0.589. The van der Waals surface area contributed by atoms with Gasteiger partial charge < -0.3 is 13.7 Å². The maximum atomic E-state index is 11.4. The second-order valence-electron chi connectivity index (χ2n) is 3.14. The smallest absolute Gasteiger partial charge is 0.341 e. The number of hydrogen-bond donors (Lipinski definition) is 0. The largest absolute Gasteiger partial charge is 0.496 e. The number of esters is 1. The number of carbonyl (C=O) groups is 1. The topological polar surface area (TPSA) is 78.9 Å². The molecule has 0 aromatic heterocycles. The highest BCUT2D eigenvalue weighted by Crippen LogP contribution is 2.25. The summed E-state index contributed by atoms with van der Waals surface area (Å²) in [5.41, 5.74) is 0.0937. The number of carbonyl (C=O) groups excluding carboxylic acids is 1. The van der Waals surface area contributed by atoms with Crippen LogP contribution in [0.3, 0.4) is 0 Å². The van der Waals surface area contributed by atoms with Crippen LogP contribution in [-0.4, -0.2) is 34.9 Å². The van der Waals surface area contributed by atoms with Crippen LogP contribution < -0.4 is 8.92 Å². The van der Waals surface area contributed by atoms with Gasteiger partial charge in [0.2, 0.25) is 0 Å². The lowest BCUT2D eigenvalue weighted by Gasteiger charge is -2.09. The maximum Gasteiger partial charge on any atom is 0.341 e. The van der Waals surface area contributed by atoms with E-state index < -0.39 is 16.1 Å². The summed E-state index contributed by atoms with van der Waals surface area (Å²) in [7, 11) is -1.04. The maximum absolute atomic E-state index is 11.4. The number of hydrogen-bond acceptors (Lipinski definition) is 6. The summed E-state index contributed by atoms with van der Waals surface area (Å²) in [6.07, 6.45) is 0.912. The monoisotopic (exact) mass is 260 g/mol. The summed E-state index contributed by atoms with van der Waals surface area (Å²) in [5.74, 6) is -0.341. The minimum atomic E-state index is -3.64. The predicted octanol–water partition coefficient (Wildman–Crippen LogP) is 0.820. The van der Waals surface area contributed by atoms with Crippen molar-refractivity contribution in [3.63, 3.8) is 0 Å². The van der Waals surface area contributed by atoms with Crippen LogP contribution in [0.25, 0.3) is 0 Å². The van der Waals surface area contributed by atoms with E-state index in [0.29, 0.717) is 0 Å². The molecule has 0 atom stereocenters. The molecule has 0 heterocycles. The average molecular weight is 260 g/mol. The van der Waals surface area contributed by atoms with Gasteiger partial charge in [-0.15, -0.1) is 0 Å². The highest BCUT2D eigenvalue weighted by molar-refractivity contribution is 7.86. The van der Waals surface area contributed by atoms with Crippen molar-refractivity contribution < 1.29 is 26.9 Å². The van der Waals surface area contributed by atoms with Crippen molar-refractivity contribution in [2.24, 2.45) is 0 Å². The molecule has 0 saturated heterocycles. The van der Waals surface area contributed by atoms with E-state index in [2.05, 4.69) is 8.92 Å². The van der Waals surface area contributed by atoms with Crippen molar-refractivity contribution in [1.82, 2.24) is 0 Å². The normalized spacial score (nSPS) is 10.8. The Kier molecular flexibility index (Phi) is 3.95. The standard InChI is InChI=1S/C10H12O6S/c1-14-9-5-4-7(16-17(3,12)13)6-8(9)10(11)15-2/h4-6H,1-3H3. The van der Waals surface area contributed by atoms with Crippen LogP contribution in [0.1, 0.15) is 10.4 Å². The minimum absolute atomic E-state index is 0.0219. The Morgan fingerprint density at radius 2 is 1.88 bits per heavy atom. The minimum Gasteiger partial charge on any atom is -0.496 e. The van der Waals surface area contributed by atoms with Gasteiger partial charge in [0.05, 0.1) is 20.5 Å². The second kappa shape index (κ2) is 5.05. The fraction of sp³-hybridized carbons (Fsp3) is 0.300. The van der Waals surface area contributed by atoms with Crippen molar-refractivity contribution in [3.05, 3.63) is 23.8 Å². The Bertz CT molecular complexity index is 520. The van der Waals surface area contributed by atoms with E-state index in [0.717, 1.165) is 6.26 Å². The predicted molar refractivity (Wildman–Crippen MR) is 59.8 cm³/mol. The van der Waals surface area contributed by atoms with Gasteiger partial charge in [-0.05, 0) is 12.1 Å². The van der Waals surface area contributed by atoms with Crippen LogP contribution >= 0.6 is 0 Å². The molecule has 0 aliphatic carbocycles. The van der Waals surface area contributed by atoms with Crippen molar-refractivity contribution in [2.75, 3.05) is 20.5 Å². The van der Waals surface area contributed by atoms with Gasteiger partial charge >= 0.3 is 16.1 Å². The van der Waals surface area contributed by atoms with Gasteiger partial charge in [0.1, 0.15) is 17.1 Å². The lowest BCUT2D eigenvalue weighted by atomic mass is 10.2. The summed E-state index contributed by atoms with van der Waals surface area (Å²) < 4.78 is 36.0. The first-order valence-electron chi connectivity index (χ1n) is 4.53. The summed E-state index contributed by atoms with van der Waals surface area (Å²) in [5, 5.41) is 0. The zero-order valence-corrected chi connectivity index (χ0v) is 10.4. The lowest BCUT2D eigenvalue weighted by Crippen LogP contribution is -2.08. The molecule has 0 unspecified atom stereocenters. The Morgan fingerprint density at radius 1 is 1.24 bits per heavy atom. The molecule has 1 rings (SSSR count). The average Bonchev–Trinajstić information content (AvgIpc) is 2.25. The highest BCUT2D eigenvalue weighted by Gasteiger charge is 2.15. The molecule has 0 spiro atoms. The zero-order chi connectivity index (χ0) is 13.1. The number of methoxy groups -OCH3 is 2. The molecule has 1 aromatic rings. The molecular weight excluding hydrogens is 248 g/mol. The second-order valence-corrected chi connectivity index (χ2v) is 4.72. The summed E-state index contributed by atoms with van der Waals surface area (Å²) in [6.45, 7) is 0. The Hall–Kier alpha value is -1.76. The van der Waals surface area contributed by atoms with E-state index in [4.69, 9.17) is 4.74 Å². The van der Waals surface area contributed by atoms with Crippen LogP contribution in [0.15, 0.2) is 18.2 Å². The Labute approximate surface area is 99.2 Å². The van der Waals surface area contributed by atoms with Gasteiger partial charge in [-0.3, -0.25) is 0 Å². The van der Waals surface area contributed by atoms with Crippen LogP contribution in [0.4, 0.5) is 0 Å². The molecule has 0 saturated carbocycles. The third-order valence-corrected chi connectivity index (χ3v) is 2.32. The van der Waals surface area contributed by atoms with Crippen molar-refractivity contribution in [2.45, 2.75) is 0 Å². The van der Waals surface area contributed by atoms with Gasteiger partial charge in [-0.2, -0.15) is 8.42 Å². The Morgan fingerprint density at radius 3 is 2.35 bits per heavy atom. The molecule has 0 amide bonds. The fourth-order valence-corrected chi connectivity index (χ4v) is 1.64. The molecular formula is C10H12O6S. The van der Waals surface area contributed by atoms with Crippen molar-refractivity contribution in [3.8, 4) is 11.5 Å². The van der Waals surface area contributed by atoms with Gasteiger partial charge in [0.15, 0.2) is 0 Å². The molecule has 17 heavy (non-hydrogen) atoms. The molecule has 94 valence electrons. The van der Waals surface area contributed by atoms with E-state index in [1.807, 2.05) is 0 Å². The van der Waals surface area contributed by atoms with Gasteiger partial charge in [0.25, 0.3) is 0 Å². The fourth-order valence-electron chi connectivity index (χ4n) is 1.18. The van der Waals surface area contributed by atoms with Gasteiger partial charge in [-0.1, -0.05) is 0 Å². The van der Waals surface area contributed by atoms with E-state index >= 15 is 0 Å². The summed E-state index contributed by atoms with van der Waals surface area (Å²) >= 11 is 0. The first kappa shape index (κ1) is 13.3. The molecule has 0 aliphatic heterocycles. The third kappa shape index (κ3) is 3.63. The van der Waals surface area contributed by atoms with Gasteiger partial charge in [0, 0.05) is 6.07 Å². The van der Waals surface area contributed by atoms with Crippen LogP contribution in [0.5, 0.6) is 11.5 Å². The third-order valence-electron chi connectivity index (χ3n) is 1.82. The van der Waals surface area contributed by atoms with E-state index in [9.17, 15) is 13.2 Å². The zero-order valence-electron chi connectivity index (χ0n) is 9.59. The molecule has 0 radical (unpaired) electrons. The first-order valence-corrected chi connectivity index (χ1v) is 6.35. The van der Waals surface area contributed by atoms with Crippen LogP contribution in [0.2, 0.25) is 0 Å². The van der Waals surface area contributed by atoms with Crippen LogP contribution in [0, 0.1) is 0 Å². The molecule has 0 N–H and O–H groups in total. The molecule has 7 heteroatoms. The molecule has 0 fully saturated rings. The SMILES string of the molecule is COC(=O)c1cc(OS(C)(=O)=O)ccc1OC. The van der Waals surface area contributed by atoms with E-state index in [-0.39, 0.29) is 17.1 Å². The Balaban J connectivity index is 3.18. The molecule has 1 aromatic carbocycles. The van der Waals surface area contributed by atoms with Gasteiger partial charge in [-0.25, -0.2) is 4.79 Å². The first-order chi connectivity index (χ1) is 7.87. The molecule has 0 aliphatic rings.